The molecule has 1 aliphatic rings. The molecule has 22 heavy (non-hydrogen) atoms. The fourth-order valence-corrected chi connectivity index (χ4v) is 2.66. The molecule has 0 unspecified atom stereocenters. The molecule has 1 aliphatic heterocycles. The summed E-state index contributed by atoms with van der Waals surface area (Å²) in [6.45, 7) is 4.01. The molecule has 0 amide bonds. The van der Waals surface area contributed by atoms with Gasteiger partial charge in [0.15, 0.2) is 0 Å². The van der Waals surface area contributed by atoms with E-state index in [1.54, 1.807) is 6.92 Å². The molecule has 0 saturated carbocycles. The average Bonchev–Trinajstić information content (AvgIpc) is 2.82. The molecule has 0 radical (unpaired) electrons. The topological polar surface area (TPSA) is 49.5 Å². The summed E-state index contributed by atoms with van der Waals surface area (Å²) in [5, 5.41) is 9.52. The van der Waals surface area contributed by atoms with Crippen molar-refractivity contribution in [2.24, 2.45) is 0 Å². The van der Waals surface area contributed by atoms with Gasteiger partial charge in [0.1, 0.15) is 17.4 Å². The fourth-order valence-electron chi connectivity index (χ4n) is 2.66. The van der Waals surface area contributed by atoms with E-state index in [4.69, 9.17) is 4.42 Å². The van der Waals surface area contributed by atoms with Gasteiger partial charge in [-0.05, 0) is 31.9 Å². The highest BCUT2D eigenvalue weighted by Crippen LogP contribution is 2.25. The Morgan fingerprint density at radius 2 is 1.86 bits per heavy atom. The van der Waals surface area contributed by atoms with Gasteiger partial charge in [0, 0.05) is 31.3 Å². The molecular weight excluding hydrogens is 290 g/mol. The van der Waals surface area contributed by atoms with Crippen LogP contribution in [0.15, 0.2) is 22.6 Å². The SMILES string of the molecule is Cc1oc(-c2cc(F)cc(F)c2)nc1CN1CCC(O)CC1. The van der Waals surface area contributed by atoms with Crippen LogP contribution in [0.2, 0.25) is 0 Å². The van der Waals surface area contributed by atoms with Gasteiger partial charge in [0.25, 0.3) is 0 Å². The van der Waals surface area contributed by atoms with Crippen molar-refractivity contribution in [1.29, 1.82) is 0 Å². The number of halogens is 2. The quantitative estimate of drug-likeness (QED) is 0.947. The number of aromatic nitrogens is 1. The number of hydrogen-bond donors (Lipinski definition) is 1. The molecule has 2 aromatic rings. The molecule has 1 fully saturated rings. The van der Waals surface area contributed by atoms with Crippen LogP contribution in [0.5, 0.6) is 0 Å². The molecular formula is C16H18F2N2O2. The highest BCUT2D eigenvalue weighted by molar-refractivity contribution is 5.53. The van der Waals surface area contributed by atoms with Crippen molar-refractivity contribution in [2.75, 3.05) is 13.1 Å². The maximum absolute atomic E-state index is 13.3. The van der Waals surface area contributed by atoms with E-state index in [0.29, 0.717) is 17.9 Å². The lowest BCUT2D eigenvalue weighted by molar-refractivity contribution is 0.0785. The third kappa shape index (κ3) is 3.34. The first kappa shape index (κ1) is 15.1. The Kier molecular flexibility index (Phi) is 4.22. The summed E-state index contributed by atoms with van der Waals surface area (Å²) < 4.78 is 32.1. The van der Waals surface area contributed by atoms with E-state index < -0.39 is 11.6 Å². The molecule has 1 aromatic carbocycles. The summed E-state index contributed by atoms with van der Waals surface area (Å²) >= 11 is 0. The highest BCUT2D eigenvalue weighted by atomic mass is 19.1. The lowest BCUT2D eigenvalue weighted by atomic mass is 10.1. The molecule has 118 valence electrons. The van der Waals surface area contributed by atoms with Gasteiger partial charge < -0.3 is 9.52 Å². The second-order valence-electron chi connectivity index (χ2n) is 5.69. The van der Waals surface area contributed by atoms with Crippen LogP contribution in [-0.4, -0.2) is 34.2 Å². The van der Waals surface area contributed by atoms with E-state index in [2.05, 4.69) is 9.88 Å². The van der Waals surface area contributed by atoms with Gasteiger partial charge in [0.05, 0.1) is 11.8 Å². The Labute approximate surface area is 127 Å². The van der Waals surface area contributed by atoms with Gasteiger partial charge in [-0.3, -0.25) is 4.90 Å². The minimum atomic E-state index is -0.655. The van der Waals surface area contributed by atoms with E-state index >= 15 is 0 Å². The van der Waals surface area contributed by atoms with E-state index in [0.717, 1.165) is 37.7 Å². The van der Waals surface area contributed by atoms with Gasteiger partial charge in [-0.25, -0.2) is 13.8 Å². The molecule has 3 rings (SSSR count). The van der Waals surface area contributed by atoms with Crippen molar-refractivity contribution in [3.63, 3.8) is 0 Å². The third-order valence-electron chi connectivity index (χ3n) is 3.93. The number of piperidine rings is 1. The van der Waals surface area contributed by atoms with Crippen LogP contribution in [-0.2, 0) is 6.54 Å². The van der Waals surface area contributed by atoms with Gasteiger partial charge in [-0.2, -0.15) is 0 Å². The van der Waals surface area contributed by atoms with E-state index in [-0.39, 0.29) is 12.0 Å². The molecule has 1 aromatic heterocycles. The zero-order valence-electron chi connectivity index (χ0n) is 12.4. The van der Waals surface area contributed by atoms with Crippen LogP contribution < -0.4 is 0 Å². The van der Waals surface area contributed by atoms with Crippen LogP contribution in [0.3, 0.4) is 0 Å². The van der Waals surface area contributed by atoms with Crippen molar-refractivity contribution in [3.05, 3.63) is 41.3 Å². The number of aliphatic hydroxyl groups is 1. The molecule has 4 nitrogen and oxygen atoms in total. The first-order valence-electron chi connectivity index (χ1n) is 7.34. The van der Waals surface area contributed by atoms with Crippen molar-refractivity contribution in [3.8, 4) is 11.5 Å². The number of rotatable bonds is 3. The number of hydrogen-bond acceptors (Lipinski definition) is 4. The van der Waals surface area contributed by atoms with Crippen LogP contribution in [0.4, 0.5) is 8.78 Å². The zero-order chi connectivity index (χ0) is 15.7. The molecule has 1 N–H and O–H groups in total. The molecule has 0 bridgehead atoms. The number of nitrogens with zero attached hydrogens (tertiary/aromatic N) is 2. The van der Waals surface area contributed by atoms with E-state index in [1.807, 2.05) is 0 Å². The average molecular weight is 308 g/mol. The highest BCUT2D eigenvalue weighted by Gasteiger charge is 2.20. The third-order valence-corrected chi connectivity index (χ3v) is 3.93. The Balaban J connectivity index is 1.78. The Hall–Kier alpha value is -1.79. The van der Waals surface area contributed by atoms with Crippen molar-refractivity contribution >= 4 is 0 Å². The predicted molar refractivity (Wildman–Crippen MR) is 77.1 cm³/mol. The maximum Gasteiger partial charge on any atom is 0.226 e. The normalized spacial score (nSPS) is 17.1. The minimum absolute atomic E-state index is 0.222. The second-order valence-corrected chi connectivity index (χ2v) is 5.69. The molecule has 0 aliphatic carbocycles. The molecule has 0 spiro atoms. The van der Waals surface area contributed by atoms with Crippen LogP contribution >= 0.6 is 0 Å². The van der Waals surface area contributed by atoms with Crippen LogP contribution in [0.1, 0.15) is 24.3 Å². The number of oxazole rings is 1. The van der Waals surface area contributed by atoms with Crippen molar-refractivity contribution in [2.45, 2.75) is 32.4 Å². The summed E-state index contributed by atoms with van der Waals surface area (Å²) in [5.74, 6) is -0.441. The largest absolute Gasteiger partial charge is 0.441 e. The first-order chi connectivity index (χ1) is 10.5. The van der Waals surface area contributed by atoms with Crippen molar-refractivity contribution < 1.29 is 18.3 Å². The summed E-state index contributed by atoms with van der Waals surface area (Å²) in [6, 6.07) is 3.23. The lowest BCUT2D eigenvalue weighted by Gasteiger charge is -2.28. The van der Waals surface area contributed by atoms with E-state index in [9.17, 15) is 13.9 Å². The maximum atomic E-state index is 13.3. The Morgan fingerprint density at radius 1 is 1.23 bits per heavy atom. The second kappa shape index (κ2) is 6.14. The molecule has 6 heteroatoms. The number of aryl methyl sites for hydroxylation is 1. The van der Waals surface area contributed by atoms with Crippen LogP contribution in [0.25, 0.3) is 11.5 Å². The van der Waals surface area contributed by atoms with Crippen molar-refractivity contribution in [1.82, 2.24) is 9.88 Å². The van der Waals surface area contributed by atoms with Gasteiger partial charge in [-0.1, -0.05) is 0 Å². The summed E-state index contributed by atoms with van der Waals surface area (Å²) in [7, 11) is 0. The zero-order valence-corrected chi connectivity index (χ0v) is 12.4. The lowest BCUT2D eigenvalue weighted by Crippen LogP contribution is -2.35. The summed E-state index contributed by atoms with van der Waals surface area (Å²) in [6.07, 6.45) is 1.28. The number of benzene rings is 1. The van der Waals surface area contributed by atoms with Gasteiger partial charge >= 0.3 is 0 Å². The van der Waals surface area contributed by atoms with Gasteiger partial charge in [0.2, 0.25) is 5.89 Å². The minimum Gasteiger partial charge on any atom is -0.441 e. The standard InChI is InChI=1S/C16H18F2N2O2/c1-10-15(9-20-4-2-14(21)3-5-20)19-16(22-10)11-6-12(17)8-13(18)7-11/h6-8,14,21H,2-5,9H2,1H3. The first-order valence-corrected chi connectivity index (χ1v) is 7.34. The molecule has 2 heterocycles. The smallest absolute Gasteiger partial charge is 0.226 e. The molecule has 1 saturated heterocycles. The number of likely N-dealkylation sites (tertiary alicyclic amines) is 1. The van der Waals surface area contributed by atoms with Gasteiger partial charge in [-0.15, -0.1) is 0 Å². The molecule has 0 atom stereocenters. The number of aliphatic hydroxyl groups excluding tert-OH is 1. The van der Waals surface area contributed by atoms with E-state index in [1.165, 1.54) is 12.1 Å². The Bertz CT molecular complexity index is 644. The Morgan fingerprint density at radius 3 is 2.50 bits per heavy atom. The summed E-state index contributed by atoms with van der Waals surface area (Å²) in [4.78, 5) is 6.56. The fraction of sp³-hybridized carbons (Fsp3) is 0.438. The summed E-state index contributed by atoms with van der Waals surface area (Å²) in [5.41, 5.74) is 1.05. The predicted octanol–water partition coefficient (Wildman–Crippen LogP) is 2.88. The monoisotopic (exact) mass is 308 g/mol. The van der Waals surface area contributed by atoms with Crippen LogP contribution in [0, 0.1) is 18.6 Å².